The summed E-state index contributed by atoms with van der Waals surface area (Å²) >= 11 is 1.57. The Morgan fingerprint density at radius 3 is 2.78 bits per heavy atom. The first-order valence-corrected chi connectivity index (χ1v) is 12.3. The van der Waals surface area contributed by atoms with Crippen molar-refractivity contribution in [3.8, 4) is 0 Å². The maximum Gasteiger partial charge on any atom is 0.273 e. The van der Waals surface area contributed by atoms with Gasteiger partial charge in [0.15, 0.2) is 5.69 Å². The summed E-state index contributed by atoms with van der Waals surface area (Å²) in [6.45, 7) is 5.01. The van der Waals surface area contributed by atoms with Crippen LogP contribution in [0, 0.1) is 0 Å². The fourth-order valence-electron chi connectivity index (χ4n) is 4.50. The van der Waals surface area contributed by atoms with E-state index in [1.54, 1.807) is 22.3 Å². The van der Waals surface area contributed by atoms with Crippen LogP contribution in [0.3, 0.4) is 0 Å². The molecule has 172 valence electrons. The summed E-state index contributed by atoms with van der Waals surface area (Å²) in [6.07, 6.45) is 5.92. The number of hydrogen-bond donors (Lipinski definition) is 2. The van der Waals surface area contributed by atoms with Gasteiger partial charge in [-0.15, -0.1) is 11.3 Å². The van der Waals surface area contributed by atoms with Crippen LogP contribution in [-0.4, -0.2) is 50.5 Å². The van der Waals surface area contributed by atoms with Crippen LogP contribution in [0.5, 0.6) is 0 Å². The van der Waals surface area contributed by atoms with Gasteiger partial charge in [0.2, 0.25) is 5.91 Å². The van der Waals surface area contributed by atoms with E-state index < -0.39 is 5.54 Å². The first-order valence-electron chi connectivity index (χ1n) is 11.4. The van der Waals surface area contributed by atoms with Crippen LogP contribution in [0.25, 0.3) is 0 Å². The molecular formula is C23H31N5O3S. The summed E-state index contributed by atoms with van der Waals surface area (Å²) in [5, 5.41) is 12.4. The van der Waals surface area contributed by atoms with Gasteiger partial charge in [0.1, 0.15) is 11.2 Å². The first kappa shape index (κ1) is 22.5. The fraction of sp³-hybridized carbons (Fsp3) is 0.565. The lowest BCUT2D eigenvalue weighted by molar-refractivity contribution is -0.133. The maximum atomic E-state index is 13.4. The third-order valence-electron chi connectivity index (χ3n) is 6.45. The van der Waals surface area contributed by atoms with Crippen molar-refractivity contribution < 1.29 is 14.4 Å². The van der Waals surface area contributed by atoms with Crippen LogP contribution in [0.1, 0.15) is 78.2 Å². The van der Waals surface area contributed by atoms with Gasteiger partial charge in [-0.05, 0) is 37.6 Å². The van der Waals surface area contributed by atoms with E-state index in [0.717, 1.165) is 43.4 Å². The zero-order chi connectivity index (χ0) is 22.7. The maximum absolute atomic E-state index is 13.4. The van der Waals surface area contributed by atoms with E-state index in [4.69, 9.17) is 0 Å². The Morgan fingerprint density at radius 2 is 2.09 bits per heavy atom. The second kappa shape index (κ2) is 9.44. The molecule has 1 unspecified atom stereocenters. The molecule has 8 nitrogen and oxygen atoms in total. The average molecular weight is 458 g/mol. The number of nitrogens with one attached hydrogen (secondary N) is 2. The largest absolute Gasteiger partial charge is 0.351 e. The van der Waals surface area contributed by atoms with Crippen LogP contribution in [0.4, 0.5) is 0 Å². The summed E-state index contributed by atoms with van der Waals surface area (Å²) in [5.41, 5.74) is -0.493. The van der Waals surface area contributed by atoms with Crippen LogP contribution < -0.4 is 10.6 Å². The Morgan fingerprint density at radius 1 is 1.31 bits per heavy atom. The number of carbonyl (C=O) groups excluding carboxylic acids is 3. The van der Waals surface area contributed by atoms with Gasteiger partial charge in [-0.2, -0.15) is 5.10 Å². The van der Waals surface area contributed by atoms with Crippen molar-refractivity contribution in [2.45, 2.75) is 77.0 Å². The molecule has 1 atom stereocenters. The van der Waals surface area contributed by atoms with Gasteiger partial charge < -0.3 is 15.5 Å². The molecule has 2 aromatic heterocycles. The summed E-state index contributed by atoms with van der Waals surface area (Å²) in [6, 6.07) is 5.59. The Balaban J connectivity index is 1.56. The standard InChI is InChI=1S/C23H31N5O3S/c1-3-4-11-27-21(30)19-13-18(20(29)24-14-17-10-7-12-32-17)26-28(19)15-23(27,2)22(31)25-16-8-5-6-9-16/h7,10,12-13,16H,3-6,8-9,11,14-15H2,1-2H3,(H,24,29)(H,25,31). The van der Waals surface area contributed by atoms with Crippen molar-refractivity contribution in [3.05, 3.63) is 39.8 Å². The van der Waals surface area contributed by atoms with E-state index in [1.165, 1.54) is 4.68 Å². The minimum atomic E-state index is -1.04. The summed E-state index contributed by atoms with van der Waals surface area (Å²) in [7, 11) is 0. The smallest absolute Gasteiger partial charge is 0.273 e. The predicted octanol–water partition coefficient (Wildman–Crippen LogP) is 2.95. The molecule has 1 saturated carbocycles. The quantitative estimate of drug-likeness (QED) is 0.637. The lowest BCUT2D eigenvalue weighted by Gasteiger charge is -2.43. The second-order valence-electron chi connectivity index (χ2n) is 8.87. The number of hydrogen-bond acceptors (Lipinski definition) is 5. The van der Waals surface area contributed by atoms with E-state index in [2.05, 4.69) is 22.7 Å². The molecule has 1 aliphatic carbocycles. The SMILES string of the molecule is CCCCN1C(=O)c2cc(C(=O)NCc3cccs3)nn2CC1(C)C(=O)NC1CCCC1. The molecule has 2 N–H and O–H groups in total. The number of rotatable bonds is 8. The molecule has 0 radical (unpaired) electrons. The minimum absolute atomic E-state index is 0.140. The monoisotopic (exact) mass is 457 g/mol. The van der Waals surface area contributed by atoms with E-state index in [1.807, 2.05) is 24.4 Å². The number of thiophene rings is 1. The third kappa shape index (κ3) is 4.44. The molecule has 1 aliphatic heterocycles. The summed E-state index contributed by atoms with van der Waals surface area (Å²) in [4.78, 5) is 42.1. The number of aromatic nitrogens is 2. The molecule has 0 aromatic carbocycles. The topological polar surface area (TPSA) is 96.3 Å². The summed E-state index contributed by atoms with van der Waals surface area (Å²) in [5.74, 6) is -0.720. The minimum Gasteiger partial charge on any atom is -0.351 e. The lowest BCUT2D eigenvalue weighted by Crippen LogP contribution is -2.65. The molecule has 0 saturated heterocycles. The average Bonchev–Trinajstić information content (AvgIpc) is 3.53. The highest BCUT2D eigenvalue weighted by Gasteiger charge is 2.48. The molecule has 9 heteroatoms. The highest BCUT2D eigenvalue weighted by molar-refractivity contribution is 7.09. The molecule has 0 spiro atoms. The van der Waals surface area contributed by atoms with Crippen LogP contribution in [-0.2, 0) is 17.9 Å². The lowest BCUT2D eigenvalue weighted by atomic mass is 9.94. The molecular weight excluding hydrogens is 426 g/mol. The molecule has 3 heterocycles. The number of carbonyl (C=O) groups is 3. The van der Waals surface area contributed by atoms with Crippen LogP contribution >= 0.6 is 11.3 Å². The Bertz CT molecular complexity index is 980. The molecule has 3 amide bonds. The third-order valence-corrected chi connectivity index (χ3v) is 7.32. The number of nitrogens with zero attached hydrogens (tertiary/aromatic N) is 3. The highest BCUT2D eigenvalue weighted by atomic mass is 32.1. The van der Waals surface area contributed by atoms with Crippen molar-refractivity contribution in [3.63, 3.8) is 0 Å². The molecule has 2 aromatic rings. The molecule has 32 heavy (non-hydrogen) atoms. The van der Waals surface area contributed by atoms with Gasteiger partial charge in [0.05, 0.1) is 13.1 Å². The van der Waals surface area contributed by atoms with E-state index in [-0.39, 0.29) is 36.0 Å². The van der Waals surface area contributed by atoms with Crippen molar-refractivity contribution in [2.24, 2.45) is 0 Å². The van der Waals surface area contributed by atoms with Gasteiger partial charge in [-0.1, -0.05) is 32.3 Å². The first-order chi connectivity index (χ1) is 15.4. The van der Waals surface area contributed by atoms with Gasteiger partial charge in [-0.3, -0.25) is 19.1 Å². The number of unbranched alkanes of at least 4 members (excludes halogenated alkanes) is 1. The van der Waals surface area contributed by atoms with Crippen molar-refractivity contribution in [2.75, 3.05) is 6.54 Å². The fourth-order valence-corrected chi connectivity index (χ4v) is 5.15. The zero-order valence-corrected chi connectivity index (χ0v) is 19.5. The van der Waals surface area contributed by atoms with Gasteiger partial charge in [0.25, 0.3) is 11.8 Å². The van der Waals surface area contributed by atoms with E-state index in [0.29, 0.717) is 18.8 Å². The van der Waals surface area contributed by atoms with E-state index in [9.17, 15) is 14.4 Å². The number of amides is 3. The zero-order valence-electron chi connectivity index (χ0n) is 18.7. The molecule has 0 bridgehead atoms. The molecule has 2 aliphatic rings. The van der Waals surface area contributed by atoms with Gasteiger partial charge in [-0.25, -0.2) is 0 Å². The van der Waals surface area contributed by atoms with Gasteiger partial charge >= 0.3 is 0 Å². The molecule has 1 fully saturated rings. The summed E-state index contributed by atoms with van der Waals surface area (Å²) < 4.78 is 1.53. The van der Waals surface area contributed by atoms with Gasteiger partial charge in [0, 0.05) is 23.5 Å². The van der Waals surface area contributed by atoms with E-state index >= 15 is 0 Å². The Hall–Kier alpha value is -2.68. The number of fused-ring (bicyclic) bond motifs is 1. The Labute approximate surface area is 192 Å². The normalized spacial score (nSPS) is 20.9. The van der Waals surface area contributed by atoms with Crippen LogP contribution in [0.15, 0.2) is 23.6 Å². The molecule has 4 rings (SSSR count). The predicted molar refractivity (Wildman–Crippen MR) is 122 cm³/mol. The van der Waals surface area contributed by atoms with Crippen molar-refractivity contribution in [1.82, 2.24) is 25.3 Å². The van der Waals surface area contributed by atoms with Crippen LogP contribution in [0.2, 0.25) is 0 Å². The second-order valence-corrected chi connectivity index (χ2v) is 9.91. The van der Waals surface area contributed by atoms with Crippen molar-refractivity contribution >= 4 is 29.1 Å². The highest BCUT2D eigenvalue weighted by Crippen LogP contribution is 2.29. The van der Waals surface area contributed by atoms with Crippen molar-refractivity contribution in [1.29, 1.82) is 0 Å². The Kier molecular flexibility index (Phi) is 6.64.